The molecule has 0 saturated carbocycles. The van der Waals surface area contributed by atoms with E-state index in [0.717, 1.165) is 11.1 Å². The van der Waals surface area contributed by atoms with Gasteiger partial charge in [0.15, 0.2) is 0 Å². The summed E-state index contributed by atoms with van der Waals surface area (Å²) in [5, 5.41) is 22.5. The number of halogens is 1. The first-order chi connectivity index (χ1) is 8.41. The molecule has 0 amide bonds. The van der Waals surface area contributed by atoms with Crippen LogP contribution in [0.15, 0.2) is 6.07 Å². The molecule has 2 atom stereocenters. The minimum absolute atomic E-state index is 0.0586. The Balaban J connectivity index is 2.33. The number of aryl methyl sites for hydroxylation is 1. The highest BCUT2D eigenvalue weighted by Gasteiger charge is 2.32. The summed E-state index contributed by atoms with van der Waals surface area (Å²) < 4.78 is 0. The van der Waals surface area contributed by atoms with E-state index in [1.807, 2.05) is 19.9 Å². The van der Waals surface area contributed by atoms with E-state index in [0.29, 0.717) is 23.6 Å². The van der Waals surface area contributed by atoms with Gasteiger partial charge in [-0.15, -0.1) is 0 Å². The normalized spacial score (nSPS) is 23.3. The van der Waals surface area contributed by atoms with Crippen LogP contribution in [-0.4, -0.2) is 22.7 Å². The monoisotopic (exact) mass is 269 g/mol. The van der Waals surface area contributed by atoms with E-state index in [4.69, 9.17) is 16.7 Å². The molecule has 1 heterocycles. The van der Waals surface area contributed by atoms with Gasteiger partial charge in [0.05, 0.1) is 10.9 Å². The van der Waals surface area contributed by atoms with Gasteiger partial charge in [-0.25, -0.2) is 0 Å². The number of nitrogens with one attached hydrogen (secondary N) is 1. The average Bonchev–Trinajstić information content (AvgIpc) is 2.80. The molecule has 98 valence electrons. The summed E-state index contributed by atoms with van der Waals surface area (Å²) in [7, 11) is 0. The Bertz CT molecular complexity index is 501. The van der Waals surface area contributed by atoms with Crippen LogP contribution in [0.5, 0.6) is 5.75 Å². The minimum Gasteiger partial charge on any atom is -0.506 e. The molecule has 1 aliphatic rings. The average molecular weight is 270 g/mol. The first kappa shape index (κ1) is 13.2. The molecule has 0 aliphatic carbocycles. The largest absolute Gasteiger partial charge is 0.506 e. The topological polar surface area (TPSA) is 69.6 Å². The predicted molar refractivity (Wildman–Crippen MR) is 69.1 cm³/mol. The number of carboxylic acid groups (broad SMARTS) is 1. The number of phenolic OH excluding ortho intramolecular Hbond substituents is 1. The number of benzene rings is 1. The third-order valence-electron chi connectivity index (χ3n) is 3.63. The van der Waals surface area contributed by atoms with E-state index in [1.54, 1.807) is 0 Å². The van der Waals surface area contributed by atoms with Crippen molar-refractivity contribution in [1.82, 2.24) is 5.32 Å². The number of aliphatic carboxylic acids is 1. The maximum absolute atomic E-state index is 10.9. The zero-order chi connectivity index (χ0) is 13.4. The quantitative estimate of drug-likeness (QED) is 0.771. The second-order valence-electron chi connectivity index (χ2n) is 4.80. The fourth-order valence-corrected chi connectivity index (χ4v) is 2.57. The van der Waals surface area contributed by atoms with Gasteiger partial charge in [0.1, 0.15) is 5.75 Å². The molecule has 0 bridgehead atoms. The van der Waals surface area contributed by atoms with Crippen molar-refractivity contribution in [2.75, 3.05) is 6.54 Å². The van der Waals surface area contributed by atoms with Crippen LogP contribution in [0, 0.1) is 19.8 Å². The Labute approximate surface area is 111 Å². The predicted octanol–water partition coefficient (Wildman–Crippen LogP) is 2.40. The number of rotatable bonds is 2. The molecule has 2 rings (SSSR count). The Morgan fingerprint density at radius 3 is 2.72 bits per heavy atom. The van der Waals surface area contributed by atoms with Gasteiger partial charge in [0.2, 0.25) is 0 Å². The summed E-state index contributed by atoms with van der Waals surface area (Å²) in [6.07, 6.45) is 0.474. The van der Waals surface area contributed by atoms with E-state index in [1.165, 1.54) is 0 Å². The summed E-state index contributed by atoms with van der Waals surface area (Å²) in [5.74, 6) is -1.16. The van der Waals surface area contributed by atoms with Gasteiger partial charge in [-0.05, 0) is 31.4 Å². The first-order valence-electron chi connectivity index (χ1n) is 5.86. The van der Waals surface area contributed by atoms with E-state index in [9.17, 15) is 9.90 Å². The smallest absolute Gasteiger partial charge is 0.307 e. The van der Waals surface area contributed by atoms with Crippen molar-refractivity contribution < 1.29 is 15.0 Å². The third-order valence-corrected chi connectivity index (χ3v) is 4.09. The molecule has 0 aromatic heterocycles. The lowest BCUT2D eigenvalue weighted by Crippen LogP contribution is -2.17. The van der Waals surface area contributed by atoms with Gasteiger partial charge in [0, 0.05) is 18.2 Å². The van der Waals surface area contributed by atoms with Crippen molar-refractivity contribution in [1.29, 1.82) is 0 Å². The zero-order valence-corrected chi connectivity index (χ0v) is 11.1. The van der Waals surface area contributed by atoms with Crippen molar-refractivity contribution in [2.45, 2.75) is 26.3 Å². The first-order valence-corrected chi connectivity index (χ1v) is 6.24. The van der Waals surface area contributed by atoms with Crippen molar-refractivity contribution in [3.63, 3.8) is 0 Å². The van der Waals surface area contributed by atoms with Crippen LogP contribution in [-0.2, 0) is 4.79 Å². The summed E-state index contributed by atoms with van der Waals surface area (Å²) in [5.41, 5.74) is 2.53. The zero-order valence-electron chi connectivity index (χ0n) is 10.3. The Kier molecular flexibility index (Phi) is 3.50. The number of aromatic hydroxyl groups is 1. The lowest BCUT2D eigenvalue weighted by molar-refractivity contribution is -0.141. The van der Waals surface area contributed by atoms with Crippen LogP contribution in [0.25, 0.3) is 0 Å². The summed E-state index contributed by atoms with van der Waals surface area (Å²) in [6, 6.07) is 1.72. The molecule has 4 nitrogen and oxygen atoms in total. The van der Waals surface area contributed by atoms with E-state index in [-0.39, 0.29) is 11.8 Å². The van der Waals surface area contributed by atoms with Crippen molar-refractivity contribution in [3.05, 3.63) is 27.8 Å². The lowest BCUT2D eigenvalue weighted by atomic mass is 9.96. The van der Waals surface area contributed by atoms with Gasteiger partial charge < -0.3 is 15.5 Å². The fraction of sp³-hybridized carbons (Fsp3) is 0.462. The van der Waals surface area contributed by atoms with Crippen molar-refractivity contribution in [2.24, 2.45) is 5.92 Å². The summed E-state index contributed by atoms with van der Waals surface area (Å²) >= 11 is 6.07. The van der Waals surface area contributed by atoms with Gasteiger partial charge in [-0.3, -0.25) is 4.79 Å². The fourth-order valence-electron chi connectivity index (χ4n) is 2.31. The minimum atomic E-state index is -0.806. The Morgan fingerprint density at radius 2 is 2.17 bits per heavy atom. The number of phenols is 1. The van der Waals surface area contributed by atoms with Crippen molar-refractivity contribution in [3.8, 4) is 5.75 Å². The van der Waals surface area contributed by atoms with Gasteiger partial charge in [-0.1, -0.05) is 17.7 Å². The van der Waals surface area contributed by atoms with E-state index < -0.39 is 11.9 Å². The molecular formula is C13H16ClNO3. The highest BCUT2D eigenvalue weighted by molar-refractivity contribution is 6.33. The molecule has 18 heavy (non-hydrogen) atoms. The maximum atomic E-state index is 10.9. The standard InChI is InChI=1S/C13H16ClNO3/c1-6-3-9(12(16)11(14)7(6)2)10-4-8(5-15-10)13(17)18/h3,8,10,15-16H,4-5H2,1-2H3,(H,17,18). The molecule has 2 unspecified atom stereocenters. The summed E-state index contributed by atoms with van der Waals surface area (Å²) in [6.45, 7) is 4.20. The third kappa shape index (κ3) is 2.18. The molecule has 1 aromatic carbocycles. The molecule has 1 aliphatic heterocycles. The highest BCUT2D eigenvalue weighted by Crippen LogP contribution is 2.39. The second kappa shape index (κ2) is 4.78. The number of hydrogen-bond acceptors (Lipinski definition) is 3. The second-order valence-corrected chi connectivity index (χ2v) is 5.18. The molecule has 1 aromatic rings. The van der Waals surface area contributed by atoms with Gasteiger partial charge in [-0.2, -0.15) is 0 Å². The van der Waals surface area contributed by atoms with E-state index >= 15 is 0 Å². The molecule has 1 fully saturated rings. The summed E-state index contributed by atoms with van der Waals surface area (Å²) in [4.78, 5) is 10.9. The maximum Gasteiger partial charge on any atom is 0.307 e. The van der Waals surface area contributed by atoms with Crippen LogP contribution in [0.4, 0.5) is 0 Å². The molecule has 5 heteroatoms. The van der Waals surface area contributed by atoms with Crippen LogP contribution in [0.3, 0.4) is 0 Å². The van der Waals surface area contributed by atoms with Crippen LogP contribution >= 0.6 is 11.6 Å². The lowest BCUT2D eigenvalue weighted by Gasteiger charge is -2.16. The molecular weight excluding hydrogens is 254 g/mol. The van der Waals surface area contributed by atoms with Crippen molar-refractivity contribution >= 4 is 17.6 Å². The Morgan fingerprint density at radius 1 is 1.50 bits per heavy atom. The highest BCUT2D eigenvalue weighted by atomic mass is 35.5. The molecule has 1 saturated heterocycles. The SMILES string of the molecule is Cc1cc(C2CC(C(=O)O)CN2)c(O)c(Cl)c1C. The number of carboxylic acids is 1. The van der Waals surface area contributed by atoms with Crippen LogP contribution < -0.4 is 5.32 Å². The molecule has 0 radical (unpaired) electrons. The molecule has 0 spiro atoms. The van der Waals surface area contributed by atoms with Crippen LogP contribution in [0.2, 0.25) is 5.02 Å². The molecule has 3 N–H and O–H groups in total. The number of carbonyl (C=O) groups is 1. The number of hydrogen-bond donors (Lipinski definition) is 3. The van der Waals surface area contributed by atoms with Crippen LogP contribution in [0.1, 0.15) is 29.2 Å². The van der Waals surface area contributed by atoms with Gasteiger partial charge >= 0.3 is 5.97 Å². The van der Waals surface area contributed by atoms with E-state index in [2.05, 4.69) is 5.32 Å². The van der Waals surface area contributed by atoms with Gasteiger partial charge in [0.25, 0.3) is 0 Å². The Hall–Kier alpha value is -1.26.